The van der Waals surface area contributed by atoms with Crippen LogP contribution in [-0.2, 0) is 0 Å². The SMILES string of the molecule is N#Cc1ccccc1-c1cccc2c3ccccc3n(-c3cccc4c3C(=O)N(c3cc(-c5ccccc5)cc(-c5ccccc5)c3)C4=O)c12. The Labute approximate surface area is 288 Å². The molecule has 234 valence electrons. The minimum atomic E-state index is -0.384. The number of amides is 2. The summed E-state index contributed by atoms with van der Waals surface area (Å²) >= 11 is 0. The van der Waals surface area contributed by atoms with Gasteiger partial charge in [0, 0.05) is 21.9 Å². The number of para-hydroxylation sites is 2. The Bertz CT molecular complexity index is 2640. The van der Waals surface area contributed by atoms with Gasteiger partial charge in [0.15, 0.2) is 0 Å². The first-order valence-electron chi connectivity index (χ1n) is 16.4. The van der Waals surface area contributed by atoms with E-state index >= 15 is 0 Å². The van der Waals surface area contributed by atoms with E-state index in [4.69, 9.17) is 0 Å². The van der Waals surface area contributed by atoms with Gasteiger partial charge >= 0.3 is 0 Å². The van der Waals surface area contributed by atoms with Gasteiger partial charge in [0.05, 0.1) is 45.2 Å². The summed E-state index contributed by atoms with van der Waals surface area (Å²) in [5.74, 6) is -0.752. The molecular formula is C45H27N3O2. The lowest BCUT2D eigenvalue weighted by Crippen LogP contribution is -2.29. The van der Waals surface area contributed by atoms with Gasteiger partial charge in [-0.1, -0.05) is 121 Å². The minimum Gasteiger partial charge on any atom is -0.308 e. The van der Waals surface area contributed by atoms with Gasteiger partial charge in [-0.2, -0.15) is 5.26 Å². The van der Waals surface area contributed by atoms with Crippen LogP contribution in [0.1, 0.15) is 26.3 Å². The van der Waals surface area contributed by atoms with Crippen LogP contribution < -0.4 is 4.90 Å². The van der Waals surface area contributed by atoms with Crippen molar-refractivity contribution in [3.05, 3.63) is 180 Å². The molecule has 50 heavy (non-hydrogen) atoms. The number of aromatic nitrogens is 1. The number of hydrogen-bond donors (Lipinski definition) is 0. The minimum absolute atomic E-state index is 0.342. The number of hydrogen-bond acceptors (Lipinski definition) is 3. The predicted octanol–water partition coefficient (Wildman–Crippen LogP) is 10.5. The first-order valence-corrected chi connectivity index (χ1v) is 16.4. The van der Waals surface area contributed by atoms with Crippen LogP contribution in [-0.4, -0.2) is 16.4 Å². The van der Waals surface area contributed by atoms with Crippen LogP contribution in [0.4, 0.5) is 5.69 Å². The Hall–Kier alpha value is -7.03. The molecule has 1 aromatic heterocycles. The molecular weight excluding hydrogens is 615 g/mol. The second-order valence-corrected chi connectivity index (χ2v) is 12.4. The summed E-state index contributed by atoms with van der Waals surface area (Å²) in [7, 11) is 0. The summed E-state index contributed by atoms with van der Waals surface area (Å²) in [5, 5.41) is 12.0. The van der Waals surface area contributed by atoms with Crippen molar-refractivity contribution < 1.29 is 9.59 Å². The van der Waals surface area contributed by atoms with Crippen LogP contribution in [0.2, 0.25) is 0 Å². The maximum absolute atomic E-state index is 14.8. The molecule has 0 N–H and O–H groups in total. The van der Waals surface area contributed by atoms with Crippen molar-refractivity contribution in [1.29, 1.82) is 5.26 Å². The molecule has 0 saturated heterocycles. The summed E-state index contributed by atoms with van der Waals surface area (Å²) in [6, 6.07) is 55.4. The third-order valence-corrected chi connectivity index (χ3v) is 9.56. The Morgan fingerprint density at radius 3 is 1.78 bits per heavy atom. The van der Waals surface area contributed by atoms with Crippen LogP contribution >= 0.6 is 0 Å². The number of nitrogens with zero attached hydrogens (tertiary/aromatic N) is 3. The van der Waals surface area contributed by atoms with Gasteiger partial charge in [-0.15, -0.1) is 0 Å². The van der Waals surface area contributed by atoms with Gasteiger partial charge in [0.2, 0.25) is 0 Å². The number of imide groups is 1. The topological polar surface area (TPSA) is 66.1 Å². The van der Waals surface area contributed by atoms with Crippen molar-refractivity contribution in [1.82, 2.24) is 4.57 Å². The van der Waals surface area contributed by atoms with Crippen molar-refractivity contribution in [2.45, 2.75) is 0 Å². The number of nitriles is 1. The van der Waals surface area contributed by atoms with E-state index in [9.17, 15) is 14.9 Å². The van der Waals surface area contributed by atoms with Gasteiger partial charge in [-0.3, -0.25) is 9.59 Å². The zero-order chi connectivity index (χ0) is 33.8. The van der Waals surface area contributed by atoms with Crippen LogP contribution in [0.3, 0.4) is 0 Å². The summed E-state index contributed by atoms with van der Waals surface area (Å²) in [6.07, 6.45) is 0. The molecule has 2 amide bonds. The van der Waals surface area contributed by atoms with E-state index in [1.807, 2.05) is 140 Å². The highest BCUT2D eigenvalue weighted by Crippen LogP contribution is 2.42. The molecule has 0 atom stereocenters. The molecule has 0 spiro atoms. The standard InChI is InChI=1S/C45H27N3O2/c46-28-31-17-7-8-18-35(31)37-20-11-21-38-36-19-9-10-23-40(36)48(43(37)38)41-24-12-22-39-42(41)45(50)47(44(39)49)34-26-32(29-13-3-1-4-14-29)25-33(27-34)30-15-5-2-6-16-30/h1-27H. The molecule has 7 aromatic carbocycles. The summed E-state index contributed by atoms with van der Waals surface area (Å²) in [6.45, 7) is 0. The lowest BCUT2D eigenvalue weighted by atomic mass is 9.97. The van der Waals surface area contributed by atoms with Crippen LogP contribution in [0, 0.1) is 11.3 Å². The van der Waals surface area contributed by atoms with Gasteiger partial charge in [-0.05, 0) is 64.7 Å². The van der Waals surface area contributed by atoms with E-state index in [1.54, 1.807) is 6.07 Å². The van der Waals surface area contributed by atoms with Crippen LogP contribution in [0.15, 0.2) is 164 Å². The Morgan fingerprint density at radius 2 is 1.06 bits per heavy atom. The molecule has 0 bridgehead atoms. The lowest BCUT2D eigenvalue weighted by Gasteiger charge is -2.18. The maximum atomic E-state index is 14.8. The van der Waals surface area contributed by atoms with Crippen molar-refractivity contribution in [3.8, 4) is 45.1 Å². The first kappa shape index (κ1) is 29.1. The zero-order valence-corrected chi connectivity index (χ0v) is 26.7. The molecule has 0 fully saturated rings. The fourth-order valence-corrected chi connectivity index (χ4v) is 7.32. The van der Waals surface area contributed by atoms with Gasteiger partial charge < -0.3 is 4.57 Å². The quantitative estimate of drug-likeness (QED) is 0.176. The number of carbonyl (C=O) groups excluding carboxylic acids is 2. The molecule has 8 aromatic rings. The average molecular weight is 642 g/mol. The average Bonchev–Trinajstić information content (AvgIpc) is 3.66. The van der Waals surface area contributed by atoms with E-state index in [0.717, 1.165) is 55.2 Å². The smallest absolute Gasteiger partial charge is 0.268 e. The van der Waals surface area contributed by atoms with Gasteiger partial charge in [0.25, 0.3) is 11.8 Å². The Kier molecular flexibility index (Phi) is 6.75. The van der Waals surface area contributed by atoms with E-state index in [-0.39, 0.29) is 11.8 Å². The number of carbonyl (C=O) groups is 2. The molecule has 1 aliphatic heterocycles. The molecule has 0 radical (unpaired) electrons. The fraction of sp³-hybridized carbons (Fsp3) is 0. The fourth-order valence-electron chi connectivity index (χ4n) is 7.32. The monoisotopic (exact) mass is 641 g/mol. The summed E-state index contributed by atoms with van der Waals surface area (Å²) in [5.41, 5.74) is 9.57. The summed E-state index contributed by atoms with van der Waals surface area (Å²) in [4.78, 5) is 30.5. The molecule has 9 rings (SSSR count). The van der Waals surface area contributed by atoms with Crippen molar-refractivity contribution in [2.24, 2.45) is 0 Å². The second kappa shape index (κ2) is 11.6. The zero-order valence-electron chi connectivity index (χ0n) is 26.7. The Morgan fingerprint density at radius 1 is 0.480 bits per heavy atom. The number of fused-ring (bicyclic) bond motifs is 4. The first-order chi connectivity index (χ1) is 24.6. The summed E-state index contributed by atoms with van der Waals surface area (Å²) < 4.78 is 2.08. The predicted molar refractivity (Wildman–Crippen MR) is 199 cm³/mol. The molecule has 0 saturated carbocycles. The largest absolute Gasteiger partial charge is 0.308 e. The number of rotatable bonds is 5. The molecule has 0 aliphatic carbocycles. The molecule has 5 nitrogen and oxygen atoms in total. The normalized spacial score (nSPS) is 12.4. The molecule has 1 aliphatic rings. The van der Waals surface area contributed by atoms with Crippen LogP contribution in [0.5, 0.6) is 0 Å². The third-order valence-electron chi connectivity index (χ3n) is 9.56. The second-order valence-electron chi connectivity index (χ2n) is 12.4. The number of anilines is 1. The third kappa shape index (κ3) is 4.47. The lowest BCUT2D eigenvalue weighted by molar-refractivity contribution is 0.0926. The highest BCUT2D eigenvalue weighted by Gasteiger charge is 2.40. The van der Waals surface area contributed by atoms with Gasteiger partial charge in [0.1, 0.15) is 0 Å². The van der Waals surface area contributed by atoms with Crippen LogP contribution in [0.25, 0.3) is 60.9 Å². The molecule has 2 heterocycles. The highest BCUT2D eigenvalue weighted by atomic mass is 16.2. The molecule has 5 heteroatoms. The number of benzene rings is 7. The van der Waals surface area contributed by atoms with E-state index in [1.165, 1.54) is 4.90 Å². The van der Waals surface area contributed by atoms with Crippen molar-refractivity contribution >= 4 is 39.3 Å². The van der Waals surface area contributed by atoms with Crippen molar-refractivity contribution in [2.75, 3.05) is 4.90 Å². The van der Waals surface area contributed by atoms with E-state index in [0.29, 0.717) is 28.1 Å². The van der Waals surface area contributed by atoms with Gasteiger partial charge in [-0.25, -0.2) is 4.90 Å². The highest BCUT2D eigenvalue weighted by molar-refractivity contribution is 6.36. The Balaban J connectivity index is 1.28. The van der Waals surface area contributed by atoms with Crippen molar-refractivity contribution in [3.63, 3.8) is 0 Å². The van der Waals surface area contributed by atoms with E-state index < -0.39 is 0 Å². The van der Waals surface area contributed by atoms with E-state index in [2.05, 4.69) is 28.8 Å². The molecule has 0 unspecified atom stereocenters. The maximum Gasteiger partial charge on any atom is 0.268 e.